The largest absolute Gasteiger partial charge is 0.496 e. The van der Waals surface area contributed by atoms with Crippen LogP contribution in [0.4, 0.5) is 0 Å². The molecule has 0 aliphatic carbocycles. The van der Waals surface area contributed by atoms with Gasteiger partial charge < -0.3 is 15.4 Å². The van der Waals surface area contributed by atoms with Crippen molar-refractivity contribution >= 4 is 29.9 Å². The molecule has 0 aliphatic heterocycles. The first-order valence-electron chi connectivity index (χ1n) is 7.76. The molecule has 0 aromatic heterocycles. The number of aliphatic imine (C=N–C) groups is 1. The number of nitrogens with zero attached hydrogens (tertiary/aromatic N) is 1. The third-order valence-electron chi connectivity index (χ3n) is 3.65. The van der Waals surface area contributed by atoms with E-state index in [0.29, 0.717) is 6.54 Å². The Labute approximate surface area is 161 Å². The highest BCUT2D eigenvalue weighted by atomic mass is 127. The fourth-order valence-electron chi connectivity index (χ4n) is 2.41. The summed E-state index contributed by atoms with van der Waals surface area (Å²) in [6, 6.07) is 14.6. The number of halogens is 1. The lowest BCUT2D eigenvalue weighted by molar-refractivity contribution is 0.408. The van der Waals surface area contributed by atoms with Crippen LogP contribution in [-0.4, -0.2) is 20.1 Å². The van der Waals surface area contributed by atoms with Crippen LogP contribution in [0.2, 0.25) is 0 Å². The molecule has 0 aliphatic rings. The Balaban J connectivity index is 0.00000288. The highest BCUT2D eigenvalue weighted by molar-refractivity contribution is 14.0. The van der Waals surface area contributed by atoms with E-state index in [9.17, 15) is 0 Å². The van der Waals surface area contributed by atoms with Crippen LogP contribution in [0.15, 0.2) is 47.5 Å². The van der Waals surface area contributed by atoms with Gasteiger partial charge in [-0.2, -0.15) is 0 Å². The predicted molar refractivity (Wildman–Crippen MR) is 111 cm³/mol. The smallest absolute Gasteiger partial charge is 0.191 e. The third-order valence-corrected chi connectivity index (χ3v) is 3.65. The van der Waals surface area contributed by atoms with Crippen LogP contribution in [-0.2, 0) is 13.1 Å². The van der Waals surface area contributed by atoms with Gasteiger partial charge in [-0.1, -0.05) is 42.0 Å². The van der Waals surface area contributed by atoms with Gasteiger partial charge in [-0.3, -0.25) is 4.99 Å². The molecule has 130 valence electrons. The summed E-state index contributed by atoms with van der Waals surface area (Å²) < 4.78 is 5.43. The highest BCUT2D eigenvalue weighted by Crippen LogP contribution is 2.19. The van der Waals surface area contributed by atoms with Gasteiger partial charge in [0.1, 0.15) is 5.75 Å². The van der Waals surface area contributed by atoms with Crippen molar-refractivity contribution < 1.29 is 4.74 Å². The summed E-state index contributed by atoms with van der Waals surface area (Å²) in [5.41, 5.74) is 4.79. The van der Waals surface area contributed by atoms with Gasteiger partial charge in [-0.15, -0.1) is 24.0 Å². The van der Waals surface area contributed by atoms with E-state index in [2.05, 4.69) is 65.9 Å². The molecular weight excluding hydrogens is 413 g/mol. The molecule has 0 saturated carbocycles. The average molecular weight is 439 g/mol. The summed E-state index contributed by atoms with van der Waals surface area (Å²) in [6.45, 7) is 5.56. The highest BCUT2D eigenvalue weighted by Gasteiger charge is 2.05. The van der Waals surface area contributed by atoms with Crippen molar-refractivity contribution in [3.63, 3.8) is 0 Å². The van der Waals surface area contributed by atoms with Gasteiger partial charge in [0.15, 0.2) is 5.96 Å². The Morgan fingerprint density at radius 1 is 1.00 bits per heavy atom. The third kappa shape index (κ3) is 6.03. The quantitative estimate of drug-likeness (QED) is 0.424. The molecule has 0 unspecified atom stereocenters. The molecule has 2 N–H and O–H groups in total. The molecule has 0 amide bonds. The number of aryl methyl sites for hydroxylation is 2. The maximum absolute atomic E-state index is 5.43. The zero-order valence-electron chi connectivity index (χ0n) is 14.7. The molecule has 0 fully saturated rings. The molecule has 0 atom stereocenters. The molecule has 5 heteroatoms. The number of methoxy groups -OCH3 is 1. The van der Waals surface area contributed by atoms with Gasteiger partial charge in [0.25, 0.3) is 0 Å². The lowest BCUT2D eigenvalue weighted by Crippen LogP contribution is -2.36. The Bertz CT molecular complexity index is 686. The first-order valence-corrected chi connectivity index (χ1v) is 7.76. The maximum atomic E-state index is 5.43. The second-order valence-electron chi connectivity index (χ2n) is 5.58. The number of rotatable bonds is 5. The van der Waals surface area contributed by atoms with Crippen molar-refractivity contribution in [2.24, 2.45) is 4.99 Å². The monoisotopic (exact) mass is 439 g/mol. The Hall–Kier alpha value is -1.76. The fourth-order valence-corrected chi connectivity index (χ4v) is 2.41. The van der Waals surface area contributed by atoms with Crippen LogP contribution in [0.25, 0.3) is 0 Å². The van der Waals surface area contributed by atoms with Gasteiger partial charge in [-0.05, 0) is 31.0 Å². The van der Waals surface area contributed by atoms with Crippen molar-refractivity contribution in [3.8, 4) is 5.75 Å². The fraction of sp³-hybridized carbons (Fsp3) is 0.316. The van der Waals surface area contributed by atoms with Crippen LogP contribution >= 0.6 is 24.0 Å². The summed E-state index contributed by atoms with van der Waals surface area (Å²) in [6.07, 6.45) is 0. The van der Waals surface area contributed by atoms with Crippen LogP contribution < -0.4 is 15.4 Å². The van der Waals surface area contributed by atoms with Crippen molar-refractivity contribution in [1.29, 1.82) is 0 Å². The Morgan fingerprint density at radius 3 is 2.38 bits per heavy atom. The van der Waals surface area contributed by atoms with E-state index in [1.54, 1.807) is 14.2 Å². The molecule has 2 rings (SSSR count). The average Bonchev–Trinajstić information content (AvgIpc) is 2.56. The summed E-state index contributed by atoms with van der Waals surface area (Å²) in [4.78, 5) is 4.27. The van der Waals surface area contributed by atoms with Gasteiger partial charge >= 0.3 is 0 Å². The van der Waals surface area contributed by atoms with Crippen LogP contribution in [0.3, 0.4) is 0 Å². The molecule has 4 nitrogen and oxygen atoms in total. The number of benzene rings is 2. The molecule has 0 saturated heterocycles. The second kappa shape index (κ2) is 10.2. The number of guanidine groups is 1. The summed E-state index contributed by atoms with van der Waals surface area (Å²) in [5.74, 6) is 1.67. The zero-order chi connectivity index (χ0) is 16.7. The summed E-state index contributed by atoms with van der Waals surface area (Å²) in [5, 5.41) is 6.65. The first kappa shape index (κ1) is 20.3. The van der Waals surface area contributed by atoms with E-state index in [4.69, 9.17) is 4.74 Å². The van der Waals surface area contributed by atoms with E-state index < -0.39 is 0 Å². The summed E-state index contributed by atoms with van der Waals surface area (Å²) in [7, 11) is 3.47. The molecule has 0 radical (unpaired) electrons. The van der Waals surface area contributed by atoms with Crippen molar-refractivity contribution in [3.05, 3.63) is 64.7 Å². The predicted octanol–water partition coefficient (Wildman–Crippen LogP) is 3.80. The Morgan fingerprint density at radius 2 is 1.71 bits per heavy atom. The molecule has 0 heterocycles. The van der Waals surface area contributed by atoms with Crippen LogP contribution in [0.1, 0.15) is 22.3 Å². The van der Waals surface area contributed by atoms with Crippen LogP contribution in [0, 0.1) is 13.8 Å². The minimum Gasteiger partial charge on any atom is -0.496 e. The number of ether oxygens (including phenoxy) is 1. The normalized spacial score (nSPS) is 10.8. The van der Waals surface area contributed by atoms with Gasteiger partial charge in [0, 0.05) is 25.7 Å². The Kier molecular flexibility index (Phi) is 8.60. The van der Waals surface area contributed by atoms with Gasteiger partial charge in [0.2, 0.25) is 0 Å². The number of hydrogen-bond acceptors (Lipinski definition) is 2. The molecule has 0 bridgehead atoms. The second-order valence-corrected chi connectivity index (χ2v) is 5.58. The standard InChI is InChI=1S/C19H25N3O.HI/c1-14-6-5-7-16(10-14)12-21-19(20-3)22-13-17-9-8-15(2)11-18(17)23-4;/h5-11H,12-13H2,1-4H3,(H2,20,21,22);1H. The maximum Gasteiger partial charge on any atom is 0.191 e. The van der Waals surface area contributed by atoms with E-state index in [0.717, 1.165) is 23.8 Å². The molecule has 2 aromatic rings. The van der Waals surface area contributed by atoms with E-state index in [1.165, 1.54) is 16.7 Å². The lowest BCUT2D eigenvalue weighted by Gasteiger charge is -2.14. The van der Waals surface area contributed by atoms with E-state index in [1.807, 2.05) is 6.07 Å². The molecular formula is C19H26IN3O. The van der Waals surface area contributed by atoms with Gasteiger partial charge in [0.05, 0.1) is 7.11 Å². The SMILES string of the molecule is CN=C(NCc1cccc(C)c1)NCc1ccc(C)cc1OC.I. The minimum absolute atomic E-state index is 0. The van der Waals surface area contributed by atoms with Crippen molar-refractivity contribution in [2.75, 3.05) is 14.2 Å². The number of nitrogens with one attached hydrogen (secondary N) is 2. The van der Waals surface area contributed by atoms with Crippen molar-refractivity contribution in [1.82, 2.24) is 10.6 Å². The number of hydrogen-bond donors (Lipinski definition) is 2. The minimum atomic E-state index is 0. The molecule has 24 heavy (non-hydrogen) atoms. The first-order chi connectivity index (χ1) is 11.1. The topological polar surface area (TPSA) is 45.7 Å². The van der Waals surface area contributed by atoms with Crippen LogP contribution in [0.5, 0.6) is 5.75 Å². The van der Waals surface area contributed by atoms with Gasteiger partial charge in [-0.25, -0.2) is 0 Å². The van der Waals surface area contributed by atoms with E-state index in [-0.39, 0.29) is 24.0 Å². The molecule has 2 aromatic carbocycles. The molecule has 0 spiro atoms. The van der Waals surface area contributed by atoms with E-state index >= 15 is 0 Å². The van der Waals surface area contributed by atoms with Crippen molar-refractivity contribution in [2.45, 2.75) is 26.9 Å². The zero-order valence-corrected chi connectivity index (χ0v) is 17.0. The summed E-state index contributed by atoms with van der Waals surface area (Å²) >= 11 is 0. The lowest BCUT2D eigenvalue weighted by atomic mass is 10.1.